The molecule has 10 heteroatoms. The fraction of sp³-hybridized carbons (Fsp3) is 0.444. The van der Waals surface area contributed by atoms with E-state index in [9.17, 15) is 9.59 Å². The van der Waals surface area contributed by atoms with Crippen molar-refractivity contribution in [1.82, 2.24) is 29.7 Å². The first-order valence-corrected chi connectivity index (χ1v) is 9.32. The average Bonchev–Trinajstić information content (AvgIpc) is 2.79. The Kier molecular flexibility index (Phi) is 5.27. The van der Waals surface area contributed by atoms with Gasteiger partial charge in [-0.3, -0.25) is 9.59 Å². The van der Waals surface area contributed by atoms with Crippen LogP contribution in [0.1, 0.15) is 10.5 Å². The predicted molar refractivity (Wildman–Crippen MR) is 102 cm³/mol. The number of amides is 2. The van der Waals surface area contributed by atoms with Crippen molar-refractivity contribution in [3.05, 3.63) is 36.5 Å². The van der Waals surface area contributed by atoms with Crippen molar-refractivity contribution in [2.24, 2.45) is 0 Å². The minimum atomic E-state index is -0.0937. The molecule has 0 spiro atoms. The summed E-state index contributed by atoms with van der Waals surface area (Å²) in [5, 5.41) is 0. The lowest BCUT2D eigenvalue weighted by molar-refractivity contribution is -0.118. The van der Waals surface area contributed by atoms with Crippen LogP contribution >= 0.6 is 0 Å². The van der Waals surface area contributed by atoms with Crippen molar-refractivity contribution in [3.63, 3.8) is 0 Å². The van der Waals surface area contributed by atoms with Crippen molar-refractivity contribution in [2.45, 2.75) is 0 Å². The van der Waals surface area contributed by atoms with Gasteiger partial charge in [0.25, 0.3) is 5.91 Å². The third-order valence-corrected chi connectivity index (χ3v) is 5.06. The number of anilines is 2. The summed E-state index contributed by atoms with van der Waals surface area (Å²) in [5.74, 6) is 1.32. The summed E-state index contributed by atoms with van der Waals surface area (Å²) < 4.78 is 0. The molecule has 28 heavy (non-hydrogen) atoms. The Hall–Kier alpha value is -3.30. The Bertz CT molecular complexity index is 817. The van der Waals surface area contributed by atoms with Gasteiger partial charge in [0.15, 0.2) is 0 Å². The van der Waals surface area contributed by atoms with Crippen LogP contribution < -0.4 is 9.80 Å². The monoisotopic (exact) mass is 382 g/mol. The van der Waals surface area contributed by atoms with Gasteiger partial charge in [0.2, 0.25) is 12.4 Å². The van der Waals surface area contributed by atoms with Crippen LogP contribution in [-0.2, 0) is 4.79 Å². The SMILES string of the molecule is O=CN1CCN(c2cc(C(=O)N3CCN(c4ncccn4)CC3)ncn2)CC1. The summed E-state index contributed by atoms with van der Waals surface area (Å²) in [4.78, 5) is 48.4. The number of aromatic nitrogens is 4. The Balaban J connectivity index is 1.38. The fourth-order valence-corrected chi connectivity index (χ4v) is 3.42. The summed E-state index contributed by atoms with van der Waals surface area (Å²) in [6.07, 6.45) is 5.74. The molecule has 0 unspecified atom stereocenters. The van der Waals surface area contributed by atoms with Crippen LogP contribution in [0.4, 0.5) is 11.8 Å². The van der Waals surface area contributed by atoms with Gasteiger partial charge in [-0.1, -0.05) is 0 Å². The molecular weight excluding hydrogens is 360 g/mol. The standard InChI is InChI=1S/C18H22N8O2/c27-14-23-4-6-24(7-5-23)16-12-15(21-13-22-16)17(28)25-8-10-26(11-9-25)18-19-2-1-3-20-18/h1-3,12-14H,4-11H2. The second-order valence-electron chi connectivity index (χ2n) is 6.72. The van der Waals surface area contributed by atoms with Gasteiger partial charge >= 0.3 is 0 Å². The van der Waals surface area contributed by atoms with E-state index in [1.54, 1.807) is 34.3 Å². The molecule has 146 valence electrons. The maximum Gasteiger partial charge on any atom is 0.272 e. The number of carbonyl (C=O) groups is 2. The van der Waals surface area contributed by atoms with Gasteiger partial charge in [0.05, 0.1) is 0 Å². The first-order valence-electron chi connectivity index (χ1n) is 9.32. The van der Waals surface area contributed by atoms with E-state index in [4.69, 9.17) is 0 Å². The zero-order valence-electron chi connectivity index (χ0n) is 15.5. The predicted octanol–water partition coefficient (Wildman–Crippen LogP) is -0.493. The third kappa shape index (κ3) is 3.85. The highest BCUT2D eigenvalue weighted by Crippen LogP contribution is 2.16. The summed E-state index contributed by atoms with van der Waals surface area (Å²) in [6, 6.07) is 3.53. The van der Waals surface area contributed by atoms with E-state index < -0.39 is 0 Å². The topological polar surface area (TPSA) is 98.7 Å². The van der Waals surface area contributed by atoms with Gasteiger partial charge in [-0.15, -0.1) is 0 Å². The highest BCUT2D eigenvalue weighted by molar-refractivity contribution is 5.93. The molecule has 2 fully saturated rings. The molecule has 0 radical (unpaired) electrons. The molecule has 0 aliphatic carbocycles. The molecule has 0 N–H and O–H groups in total. The summed E-state index contributed by atoms with van der Waals surface area (Å²) in [7, 11) is 0. The van der Waals surface area contributed by atoms with Crippen LogP contribution in [0.2, 0.25) is 0 Å². The Morgan fingerprint density at radius 1 is 0.857 bits per heavy atom. The zero-order chi connectivity index (χ0) is 19.3. The van der Waals surface area contributed by atoms with Gasteiger partial charge in [0, 0.05) is 70.8 Å². The maximum atomic E-state index is 12.9. The van der Waals surface area contributed by atoms with Crippen LogP contribution in [0.15, 0.2) is 30.9 Å². The number of nitrogens with zero attached hydrogens (tertiary/aromatic N) is 8. The number of carbonyl (C=O) groups excluding carboxylic acids is 2. The minimum absolute atomic E-state index is 0.0937. The Morgan fingerprint density at radius 3 is 2.21 bits per heavy atom. The number of piperazine rings is 2. The van der Waals surface area contributed by atoms with Crippen molar-refractivity contribution >= 4 is 24.1 Å². The van der Waals surface area contributed by atoms with Gasteiger partial charge in [-0.25, -0.2) is 19.9 Å². The quantitative estimate of drug-likeness (QED) is 0.653. The largest absolute Gasteiger partial charge is 0.353 e. The van der Waals surface area contributed by atoms with E-state index in [-0.39, 0.29) is 5.91 Å². The van der Waals surface area contributed by atoms with E-state index in [2.05, 4.69) is 29.7 Å². The number of rotatable bonds is 4. The summed E-state index contributed by atoms with van der Waals surface area (Å²) >= 11 is 0. The van der Waals surface area contributed by atoms with Crippen LogP contribution in [0, 0.1) is 0 Å². The summed E-state index contributed by atoms with van der Waals surface area (Å²) in [6.45, 7) is 5.24. The number of hydrogen-bond donors (Lipinski definition) is 0. The van der Waals surface area contributed by atoms with E-state index in [1.807, 2.05) is 0 Å². The van der Waals surface area contributed by atoms with Crippen LogP contribution in [0.3, 0.4) is 0 Å². The van der Waals surface area contributed by atoms with Crippen LogP contribution in [0.5, 0.6) is 0 Å². The zero-order valence-corrected chi connectivity index (χ0v) is 15.5. The first kappa shape index (κ1) is 18.1. The van der Waals surface area contributed by atoms with Gasteiger partial charge in [0.1, 0.15) is 17.8 Å². The molecular formula is C18H22N8O2. The molecule has 2 saturated heterocycles. The molecule has 4 heterocycles. The second kappa shape index (κ2) is 8.15. The maximum absolute atomic E-state index is 12.9. The molecule has 2 amide bonds. The Morgan fingerprint density at radius 2 is 1.54 bits per heavy atom. The lowest BCUT2D eigenvalue weighted by Gasteiger charge is -2.35. The van der Waals surface area contributed by atoms with Gasteiger partial charge in [-0.2, -0.15) is 0 Å². The van der Waals surface area contributed by atoms with Crippen molar-refractivity contribution in [3.8, 4) is 0 Å². The second-order valence-corrected chi connectivity index (χ2v) is 6.72. The van der Waals surface area contributed by atoms with E-state index in [1.165, 1.54) is 6.33 Å². The average molecular weight is 382 g/mol. The van der Waals surface area contributed by atoms with E-state index in [0.29, 0.717) is 64.0 Å². The van der Waals surface area contributed by atoms with Crippen molar-refractivity contribution in [1.29, 1.82) is 0 Å². The van der Waals surface area contributed by atoms with E-state index in [0.717, 1.165) is 12.2 Å². The molecule has 2 aliphatic heterocycles. The molecule has 0 bridgehead atoms. The molecule has 4 rings (SSSR count). The first-order chi connectivity index (χ1) is 13.7. The number of hydrogen-bond acceptors (Lipinski definition) is 8. The lowest BCUT2D eigenvalue weighted by Crippen LogP contribution is -2.49. The van der Waals surface area contributed by atoms with Gasteiger partial charge in [-0.05, 0) is 6.07 Å². The van der Waals surface area contributed by atoms with Crippen LogP contribution in [-0.4, -0.2) is 94.4 Å². The van der Waals surface area contributed by atoms with Crippen LogP contribution in [0.25, 0.3) is 0 Å². The molecule has 0 atom stereocenters. The normalized spacial score (nSPS) is 17.6. The highest BCUT2D eigenvalue weighted by Gasteiger charge is 2.25. The van der Waals surface area contributed by atoms with Crippen molar-refractivity contribution < 1.29 is 9.59 Å². The van der Waals surface area contributed by atoms with Gasteiger partial charge < -0.3 is 19.6 Å². The third-order valence-electron chi connectivity index (χ3n) is 5.06. The Labute approximate surface area is 162 Å². The minimum Gasteiger partial charge on any atom is -0.353 e. The van der Waals surface area contributed by atoms with E-state index >= 15 is 0 Å². The summed E-state index contributed by atoms with van der Waals surface area (Å²) in [5.41, 5.74) is 0.396. The molecule has 0 aromatic carbocycles. The highest BCUT2D eigenvalue weighted by atomic mass is 16.2. The van der Waals surface area contributed by atoms with Crippen molar-refractivity contribution in [2.75, 3.05) is 62.2 Å². The molecule has 2 aromatic heterocycles. The fourth-order valence-electron chi connectivity index (χ4n) is 3.42. The smallest absolute Gasteiger partial charge is 0.272 e. The molecule has 0 saturated carbocycles. The molecule has 2 aromatic rings. The lowest BCUT2D eigenvalue weighted by atomic mass is 10.2. The molecule has 2 aliphatic rings. The molecule has 10 nitrogen and oxygen atoms in total.